The molecule has 334 valence electrons. The molecule has 2 aliphatic heterocycles. The molecule has 3 N–H and O–H groups in total. The van der Waals surface area contributed by atoms with Crippen molar-refractivity contribution in [2.45, 2.75) is 104 Å². The Morgan fingerprint density at radius 3 is 1.72 bits per heavy atom. The number of imidazole rings is 2. The van der Waals surface area contributed by atoms with Gasteiger partial charge in [-0.05, 0) is 89.0 Å². The van der Waals surface area contributed by atoms with Crippen LogP contribution < -0.4 is 5.32 Å². The van der Waals surface area contributed by atoms with Crippen LogP contribution in [0.25, 0.3) is 50.7 Å². The Balaban J connectivity index is 1.07. The lowest BCUT2D eigenvalue weighted by Crippen LogP contribution is -2.51. The summed E-state index contributed by atoms with van der Waals surface area (Å²) in [6, 6.07) is 29.3. The number of ether oxygens (including phenoxy) is 1. The molecule has 2 aliphatic rings. The van der Waals surface area contributed by atoms with Gasteiger partial charge in [-0.15, -0.1) is 0 Å². The predicted octanol–water partition coefficient (Wildman–Crippen LogP) is 10.6. The van der Waals surface area contributed by atoms with E-state index in [0.717, 1.165) is 94.6 Å². The molecule has 2 fully saturated rings. The van der Waals surface area contributed by atoms with E-state index in [9.17, 15) is 14.4 Å². The second-order valence-electron chi connectivity index (χ2n) is 19.1. The summed E-state index contributed by atoms with van der Waals surface area (Å²) in [6.45, 7) is 16.1. The summed E-state index contributed by atoms with van der Waals surface area (Å²) in [6.07, 6.45) is 7.19. The van der Waals surface area contributed by atoms with Crippen molar-refractivity contribution < 1.29 is 19.1 Å². The molecule has 0 radical (unpaired) electrons. The van der Waals surface area contributed by atoms with Gasteiger partial charge in [0.15, 0.2) is 0 Å². The Morgan fingerprint density at radius 1 is 0.719 bits per heavy atom. The third kappa shape index (κ3) is 9.00. The largest absolute Gasteiger partial charge is 0.453 e. The highest BCUT2D eigenvalue weighted by atomic mass is 16.5. The van der Waals surface area contributed by atoms with E-state index < -0.39 is 12.1 Å². The maximum atomic E-state index is 13.7. The number of nitrogens with one attached hydrogen (secondary N) is 3. The summed E-state index contributed by atoms with van der Waals surface area (Å²) in [4.78, 5) is 59.3. The van der Waals surface area contributed by atoms with Crippen LogP contribution in [0.5, 0.6) is 0 Å². The Labute approximate surface area is 376 Å². The molecule has 3 aromatic heterocycles. The number of hydrogen-bond acceptors (Lipinski definition) is 6. The first kappa shape index (κ1) is 44.2. The number of amides is 3. The minimum Gasteiger partial charge on any atom is -0.453 e. The second kappa shape index (κ2) is 18.3. The van der Waals surface area contributed by atoms with Crippen LogP contribution >= 0.6 is 0 Å². The number of hydrogen-bond donors (Lipinski definition) is 3. The van der Waals surface area contributed by atoms with Gasteiger partial charge in [-0.3, -0.25) is 9.59 Å². The van der Waals surface area contributed by atoms with E-state index >= 15 is 0 Å². The topological polar surface area (TPSA) is 141 Å². The summed E-state index contributed by atoms with van der Waals surface area (Å²) >= 11 is 0. The van der Waals surface area contributed by atoms with E-state index in [1.165, 1.54) is 12.7 Å². The summed E-state index contributed by atoms with van der Waals surface area (Å²) in [5, 5.41) is 2.73. The third-order valence-corrected chi connectivity index (χ3v) is 12.7. The minimum atomic E-state index is -0.693. The lowest BCUT2D eigenvalue weighted by molar-refractivity contribution is -0.135. The van der Waals surface area contributed by atoms with E-state index in [1.807, 2.05) is 36.0 Å². The highest BCUT2D eigenvalue weighted by Crippen LogP contribution is 2.39. The smallest absolute Gasteiger partial charge is 0.407 e. The molecule has 6 aromatic rings. The van der Waals surface area contributed by atoms with Crippen molar-refractivity contribution in [3.63, 3.8) is 0 Å². The fourth-order valence-electron chi connectivity index (χ4n) is 9.41. The quantitative estimate of drug-likeness (QED) is 0.112. The maximum absolute atomic E-state index is 13.7. The second-order valence-corrected chi connectivity index (χ2v) is 19.1. The molecule has 3 aromatic carbocycles. The standard InChI is InChI=1S/C52H62N8O4/c1-32(2)29-46(61)58-27-11-15-44(58)48-53-30-39(55-48)34-17-21-36(22-18-34)41-25-26-42(60(41)43-14-10-9-13-38(43)52(5,6)7)37-23-19-35(20-24-37)40-31-54-49(56-40)45-16-12-28-59(45)50(62)47(33(3)4)57-51(63)64-8/h9-10,13-14,17-26,30-33,44-45,47H,11-12,15-16,27-29H2,1-8H3,(H,53,55)(H,54,56)(H,57,63)/t44-,45-,47-/m0/s1. The zero-order chi connectivity index (χ0) is 45.3. The summed E-state index contributed by atoms with van der Waals surface area (Å²) in [7, 11) is 1.30. The molecule has 0 spiro atoms. The van der Waals surface area contributed by atoms with Crippen LogP contribution in [-0.2, 0) is 19.7 Å². The fraction of sp³-hybridized carbons (Fsp3) is 0.404. The van der Waals surface area contributed by atoms with Crippen LogP contribution in [0, 0.1) is 11.8 Å². The van der Waals surface area contributed by atoms with Gasteiger partial charge in [0.25, 0.3) is 0 Å². The lowest BCUT2D eigenvalue weighted by Gasteiger charge is -2.30. The number of nitrogens with zero attached hydrogens (tertiary/aromatic N) is 5. The number of rotatable bonds is 12. The number of para-hydroxylation sites is 1. The number of methoxy groups -OCH3 is 1. The van der Waals surface area contributed by atoms with Crippen molar-refractivity contribution >= 4 is 17.9 Å². The normalized spacial score (nSPS) is 17.1. The van der Waals surface area contributed by atoms with Gasteiger partial charge < -0.3 is 34.4 Å². The molecule has 12 nitrogen and oxygen atoms in total. The van der Waals surface area contributed by atoms with Gasteiger partial charge in [-0.25, -0.2) is 14.8 Å². The molecule has 8 rings (SSSR count). The zero-order valence-corrected chi connectivity index (χ0v) is 38.4. The summed E-state index contributed by atoms with van der Waals surface area (Å²) in [5.74, 6) is 1.86. The van der Waals surface area contributed by atoms with Gasteiger partial charge >= 0.3 is 6.09 Å². The van der Waals surface area contributed by atoms with Crippen LogP contribution in [0.4, 0.5) is 4.79 Å². The molecular formula is C52H62N8O4. The van der Waals surface area contributed by atoms with E-state index in [4.69, 9.17) is 14.7 Å². The molecule has 5 heterocycles. The molecule has 0 saturated carbocycles. The van der Waals surface area contributed by atoms with Crippen molar-refractivity contribution in [1.29, 1.82) is 0 Å². The number of alkyl carbamates (subject to hydrolysis) is 1. The van der Waals surface area contributed by atoms with Crippen molar-refractivity contribution in [2.75, 3.05) is 20.2 Å². The number of aromatic amines is 2. The number of benzene rings is 3. The average Bonchev–Trinajstić information content (AvgIpc) is 4.14. The summed E-state index contributed by atoms with van der Waals surface area (Å²) < 4.78 is 7.18. The zero-order valence-electron chi connectivity index (χ0n) is 38.4. The maximum Gasteiger partial charge on any atom is 0.407 e. The van der Waals surface area contributed by atoms with Gasteiger partial charge in [-0.2, -0.15) is 0 Å². The minimum absolute atomic E-state index is 0.0168. The van der Waals surface area contributed by atoms with Gasteiger partial charge in [0.1, 0.15) is 17.7 Å². The molecular weight excluding hydrogens is 801 g/mol. The number of likely N-dealkylation sites (tertiary alicyclic amines) is 2. The van der Waals surface area contributed by atoms with E-state index in [-0.39, 0.29) is 35.2 Å². The molecule has 3 atom stereocenters. The van der Waals surface area contributed by atoms with Crippen LogP contribution in [-0.4, -0.2) is 78.5 Å². The Hall–Kier alpha value is -6.43. The van der Waals surface area contributed by atoms with E-state index in [2.05, 4.69) is 139 Å². The first-order valence-electron chi connectivity index (χ1n) is 22.8. The Bertz CT molecular complexity index is 2590. The number of H-pyrrole nitrogens is 2. The van der Waals surface area contributed by atoms with Gasteiger partial charge in [0.2, 0.25) is 11.8 Å². The van der Waals surface area contributed by atoms with Crippen molar-refractivity contribution in [1.82, 2.24) is 39.6 Å². The molecule has 0 bridgehead atoms. The molecule has 2 saturated heterocycles. The highest BCUT2D eigenvalue weighted by Gasteiger charge is 2.38. The average molecular weight is 863 g/mol. The Kier molecular flexibility index (Phi) is 12.7. The van der Waals surface area contributed by atoms with Gasteiger partial charge in [0, 0.05) is 25.2 Å². The van der Waals surface area contributed by atoms with Crippen LogP contribution in [0.3, 0.4) is 0 Å². The highest BCUT2D eigenvalue weighted by molar-refractivity contribution is 5.86. The van der Waals surface area contributed by atoms with Gasteiger partial charge in [0.05, 0.1) is 54.4 Å². The fourth-order valence-corrected chi connectivity index (χ4v) is 9.41. The van der Waals surface area contributed by atoms with Crippen molar-refractivity contribution in [3.8, 4) is 50.7 Å². The molecule has 0 aliphatic carbocycles. The van der Waals surface area contributed by atoms with E-state index in [0.29, 0.717) is 18.9 Å². The molecule has 12 heteroatoms. The third-order valence-electron chi connectivity index (χ3n) is 12.7. The first-order valence-corrected chi connectivity index (χ1v) is 22.8. The number of carbonyl (C=O) groups is 3. The van der Waals surface area contributed by atoms with Crippen molar-refractivity contribution in [3.05, 3.63) is 115 Å². The van der Waals surface area contributed by atoms with Crippen molar-refractivity contribution in [2.24, 2.45) is 11.8 Å². The SMILES string of the molecule is COC(=O)N[C@H](C(=O)N1CCC[C@H]1c1ncc(-c2ccc(-c3ccc(-c4ccc(-c5cnc([C@@H]6CCCN6C(=O)CC(C)C)[nH]5)cc4)n3-c3ccccc3C(C)(C)C)cc2)[nH]1)C(C)C. The molecule has 64 heavy (non-hydrogen) atoms. The first-order chi connectivity index (χ1) is 30.7. The molecule has 0 unspecified atom stereocenters. The van der Waals surface area contributed by atoms with E-state index in [1.54, 1.807) is 0 Å². The van der Waals surface area contributed by atoms with Crippen LogP contribution in [0.2, 0.25) is 0 Å². The summed E-state index contributed by atoms with van der Waals surface area (Å²) in [5.41, 5.74) is 10.4. The number of aromatic nitrogens is 5. The monoisotopic (exact) mass is 862 g/mol. The van der Waals surface area contributed by atoms with Crippen LogP contribution in [0.15, 0.2) is 97.3 Å². The molecule has 3 amide bonds. The number of carbonyl (C=O) groups excluding carboxylic acids is 3. The van der Waals surface area contributed by atoms with Crippen LogP contribution in [0.1, 0.15) is 110 Å². The predicted molar refractivity (Wildman–Crippen MR) is 252 cm³/mol. The van der Waals surface area contributed by atoms with Gasteiger partial charge in [-0.1, -0.05) is 115 Å². The lowest BCUT2D eigenvalue weighted by atomic mass is 9.85. The Morgan fingerprint density at radius 2 is 1.22 bits per heavy atom.